The molecule has 0 fully saturated rings. The molecule has 0 saturated carbocycles. The van der Waals surface area contributed by atoms with Crippen molar-refractivity contribution < 1.29 is 14.3 Å². The summed E-state index contributed by atoms with van der Waals surface area (Å²) in [5.74, 6) is -0.0682. The molecule has 0 N–H and O–H groups in total. The zero-order valence-corrected chi connectivity index (χ0v) is 10.4. The van der Waals surface area contributed by atoms with Gasteiger partial charge in [0.25, 0.3) is 0 Å². The van der Waals surface area contributed by atoms with Crippen LogP contribution in [0.1, 0.15) is 64.7 Å². The fourth-order valence-electron chi connectivity index (χ4n) is 1.43. The number of carbonyl (C=O) groups excluding carboxylic acids is 2. The molecule has 0 aliphatic rings. The highest BCUT2D eigenvalue weighted by atomic mass is 16.5. The first-order valence-electron chi connectivity index (χ1n) is 6.40. The lowest BCUT2D eigenvalue weighted by Crippen LogP contribution is -2.05. The van der Waals surface area contributed by atoms with Crippen LogP contribution in [-0.4, -0.2) is 18.9 Å². The standard InChI is InChI=1S/C13H24O3/c1-2-3-12-16-13(15)10-8-6-4-5-7-9-11-14/h11H,2-10,12H2,1H3. The van der Waals surface area contributed by atoms with Gasteiger partial charge in [0.2, 0.25) is 0 Å². The van der Waals surface area contributed by atoms with Crippen molar-refractivity contribution in [3.63, 3.8) is 0 Å². The van der Waals surface area contributed by atoms with Gasteiger partial charge in [-0.15, -0.1) is 0 Å². The van der Waals surface area contributed by atoms with Gasteiger partial charge < -0.3 is 9.53 Å². The topological polar surface area (TPSA) is 43.4 Å². The van der Waals surface area contributed by atoms with Gasteiger partial charge in [-0.1, -0.05) is 32.6 Å². The molecular formula is C13H24O3. The van der Waals surface area contributed by atoms with Crippen LogP contribution in [-0.2, 0) is 14.3 Å². The minimum absolute atomic E-state index is 0.0682. The molecule has 0 aromatic heterocycles. The van der Waals surface area contributed by atoms with E-state index in [4.69, 9.17) is 4.74 Å². The SMILES string of the molecule is CCCCOC(=O)CCCCCCCC=O. The number of esters is 1. The average Bonchev–Trinajstić information content (AvgIpc) is 2.28. The second-order valence-corrected chi connectivity index (χ2v) is 4.05. The van der Waals surface area contributed by atoms with E-state index in [1.54, 1.807) is 0 Å². The number of rotatable bonds is 11. The molecule has 16 heavy (non-hydrogen) atoms. The van der Waals surface area contributed by atoms with E-state index in [9.17, 15) is 9.59 Å². The molecule has 0 amide bonds. The van der Waals surface area contributed by atoms with E-state index in [0.717, 1.165) is 51.2 Å². The third kappa shape index (κ3) is 11.2. The van der Waals surface area contributed by atoms with Gasteiger partial charge in [0.1, 0.15) is 6.29 Å². The van der Waals surface area contributed by atoms with Crippen LogP contribution < -0.4 is 0 Å². The molecule has 0 aliphatic carbocycles. The maximum atomic E-state index is 11.2. The third-order valence-corrected chi connectivity index (χ3v) is 2.46. The minimum atomic E-state index is -0.0682. The maximum absolute atomic E-state index is 11.2. The first kappa shape index (κ1) is 15.1. The highest BCUT2D eigenvalue weighted by molar-refractivity contribution is 5.69. The van der Waals surface area contributed by atoms with Crippen LogP contribution >= 0.6 is 0 Å². The molecule has 0 atom stereocenters. The van der Waals surface area contributed by atoms with E-state index in [1.165, 1.54) is 0 Å². The smallest absolute Gasteiger partial charge is 0.305 e. The average molecular weight is 228 g/mol. The largest absolute Gasteiger partial charge is 0.466 e. The van der Waals surface area contributed by atoms with Crippen LogP contribution in [0.25, 0.3) is 0 Å². The van der Waals surface area contributed by atoms with Crippen LogP contribution in [0.15, 0.2) is 0 Å². The Hall–Kier alpha value is -0.860. The zero-order chi connectivity index (χ0) is 12.1. The van der Waals surface area contributed by atoms with Crippen molar-refractivity contribution in [3.05, 3.63) is 0 Å². The molecule has 0 aliphatic heterocycles. The minimum Gasteiger partial charge on any atom is -0.466 e. The Morgan fingerprint density at radius 3 is 2.44 bits per heavy atom. The summed E-state index contributed by atoms with van der Waals surface area (Å²) >= 11 is 0. The van der Waals surface area contributed by atoms with Crippen molar-refractivity contribution in [2.24, 2.45) is 0 Å². The van der Waals surface area contributed by atoms with Gasteiger partial charge in [-0.3, -0.25) is 4.79 Å². The lowest BCUT2D eigenvalue weighted by molar-refractivity contribution is -0.143. The summed E-state index contributed by atoms with van der Waals surface area (Å²) in [4.78, 5) is 21.2. The van der Waals surface area contributed by atoms with E-state index in [2.05, 4.69) is 6.92 Å². The van der Waals surface area contributed by atoms with Crippen LogP contribution in [0.5, 0.6) is 0 Å². The fraction of sp³-hybridized carbons (Fsp3) is 0.846. The Bertz CT molecular complexity index is 178. The first-order valence-corrected chi connectivity index (χ1v) is 6.40. The van der Waals surface area contributed by atoms with Gasteiger partial charge >= 0.3 is 5.97 Å². The van der Waals surface area contributed by atoms with E-state index < -0.39 is 0 Å². The molecule has 0 aromatic rings. The van der Waals surface area contributed by atoms with Crippen molar-refractivity contribution in [3.8, 4) is 0 Å². The molecule has 3 heteroatoms. The Morgan fingerprint density at radius 2 is 1.75 bits per heavy atom. The number of unbranched alkanes of at least 4 members (excludes halogenated alkanes) is 6. The van der Waals surface area contributed by atoms with E-state index in [1.807, 2.05) is 0 Å². The quantitative estimate of drug-likeness (QED) is 0.310. The highest BCUT2D eigenvalue weighted by Crippen LogP contribution is 2.07. The summed E-state index contributed by atoms with van der Waals surface area (Å²) in [5.41, 5.74) is 0. The predicted octanol–water partition coefficient (Wildman–Crippen LogP) is 3.26. The Morgan fingerprint density at radius 1 is 1.06 bits per heavy atom. The van der Waals surface area contributed by atoms with E-state index in [0.29, 0.717) is 19.4 Å². The van der Waals surface area contributed by atoms with Gasteiger partial charge in [-0.2, -0.15) is 0 Å². The van der Waals surface area contributed by atoms with E-state index in [-0.39, 0.29) is 5.97 Å². The molecule has 94 valence electrons. The predicted molar refractivity (Wildman–Crippen MR) is 64.3 cm³/mol. The zero-order valence-electron chi connectivity index (χ0n) is 10.4. The van der Waals surface area contributed by atoms with Crippen LogP contribution in [0.4, 0.5) is 0 Å². The summed E-state index contributed by atoms with van der Waals surface area (Å²) in [6.07, 6.45) is 9.32. The molecule has 0 unspecified atom stereocenters. The maximum Gasteiger partial charge on any atom is 0.305 e. The lowest BCUT2D eigenvalue weighted by atomic mass is 10.1. The van der Waals surface area contributed by atoms with Gasteiger partial charge in [0.05, 0.1) is 6.61 Å². The van der Waals surface area contributed by atoms with Gasteiger partial charge in [-0.25, -0.2) is 0 Å². The second kappa shape index (κ2) is 12.2. The summed E-state index contributed by atoms with van der Waals surface area (Å²) in [6, 6.07) is 0. The van der Waals surface area contributed by atoms with Gasteiger partial charge in [-0.05, 0) is 19.3 Å². The molecule has 0 saturated heterocycles. The monoisotopic (exact) mass is 228 g/mol. The molecule has 3 nitrogen and oxygen atoms in total. The highest BCUT2D eigenvalue weighted by Gasteiger charge is 2.01. The van der Waals surface area contributed by atoms with Crippen molar-refractivity contribution in [1.29, 1.82) is 0 Å². The number of ether oxygens (including phenoxy) is 1. The molecule has 0 bridgehead atoms. The van der Waals surface area contributed by atoms with Crippen LogP contribution in [0, 0.1) is 0 Å². The molecule has 0 radical (unpaired) electrons. The Balaban J connectivity index is 3.12. The summed E-state index contributed by atoms with van der Waals surface area (Å²) in [6.45, 7) is 2.64. The Kier molecular flexibility index (Phi) is 11.6. The summed E-state index contributed by atoms with van der Waals surface area (Å²) < 4.78 is 5.04. The van der Waals surface area contributed by atoms with Crippen LogP contribution in [0.2, 0.25) is 0 Å². The first-order chi connectivity index (χ1) is 7.81. The number of hydrogen-bond acceptors (Lipinski definition) is 3. The van der Waals surface area contributed by atoms with Crippen LogP contribution in [0.3, 0.4) is 0 Å². The van der Waals surface area contributed by atoms with Crippen molar-refractivity contribution >= 4 is 12.3 Å². The summed E-state index contributed by atoms with van der Waals surface area (Å²) in [7, 11) is 0. The Labute approximate surface area is 98.6 Å². The molecule has 0 aromatic carbocycles. The van der Waals surface area contributed by atoms with Gasteiger partial charge in [0, 0.05) is 12.8 Å². The third-order valence-electron chi connectivity index (χ3n) is 2.46. The van der Waals surface area contributed by atoms with Crippen molar-refractivity contribution in [2.75, 3.05) is 6.61 Å². The molecule has 0 spiro atoms. The van der Waals surface area contributed by atoms with Crippen molar-refractivity contribution in [1.82, 2.24) is 0 Å². The van der Waals surface area contributed by atoms with Crippen molar-refractivity contribution in [2.45, 2.75) is 64.7 Å². The van der Waals surface area contributed by atoms with Gasteiger partial charge in [0.15, 0.2) is 0 Å². The fourth-order valence-corrected chi connectivity index (χ4v) is 1.43. The van der Waals surface area contributed by atoms with E-state index >= 15 is 0 Å². The molecule has 0 rings (SSSR count). The normalized spacial score (nSPS) is 10.1. The summed E-state index contributed by atoms with van der Waals surface area (Å²) in [5, 5.41) is 0. The molecule has 0 heterocycles. The molecular weight excluding hydrogens is 204 g/mol. The number of carbonyl (C=O) groups is 2. The second-order valence-electron chi connectivity index (χ2n) is 4.05. The lowest BCUT2D eigenvalue weighted by Gasteiger charge is -2.03. The number of hydrogen-bond donors (Lipinski definition) is 0. The number of aldehydes is 1.